The Morgan fingerprint density at radius 3 is 2.42 bits per heavy atom. The standard InChI is InChI=1S/C16H17BrClN/c1-11-4-7-16(12(2)8-11)19(3)14-6-5-13(10-18)15(17)9-14/h4-9H,10H2,1-3H3. The average Bonchev–Trinajstić information content (AvgIpc) is 2.38. The molecule has 0 spiro atoms. The Hall–Kier alpha value is -0.990. The molecule has 0 atom stereocenters. The van der Waals surface area contributed by atoms with E-state index in [2.05, 4.69) is 78.1 Å². The molecule has 0 aliphatic heterocycles. The summed E-state index contributed by atoms with van der Waals surface area (Å²) in [5.41, 5.74) is 6.04. The molecule has 2 aromatic rings. The van der Waals surface area contributed by atoms with E-state index in [1.54, 1.807) is 0 Å². The van der Waals surface area contributed by atoms with Gasteiger partial charge in [0.1, 0.15) is 0 Å². The summed E-state index contributed by atoms with van der Waals surface area (Å²) < 4.78 is 1.05. The van der Waals surface area contributed by atoms with Gasteiger partial charge < -0.3 is 4.90 Å². The normalized spacial score (nSPS) is 10.6. The molecule has 2 rings (SSSR count). The van der Waals surface area contributed by atoms with Crippen LogP contribution in [0.5, 0.6) is 0 Å². The smallest absolute Gasteiger partial charge is 0.0485 e. The fourth-order valence-corrected chi connectivity index (χ4v) is 3.08. The van der Waals surface area contributed by atoms with Crippen molar-refractivity contribution >= 4 is 38.9 Å². The lowest BCUT2D eigenvalue weighted by molar-refractivity contribution is 1.17. The molecule has 0 bridgehead atoms. The van der Waals surface area contributed by atoms with Crippen molar-refractivity contribution in [2.24, 2.45) is 0 Å². The van der Waals surface area contributed by atoms with Crippen LogP contribution in [-0.4, -0.2) is 7.05 Å². The lowest BCUT2D eigenvalue weighted by atomic mass is 10.1. The fourth-order valence-electron chi connectivity index (χ4n) is 2.17. The minimum absolute atomic E-state index is 0.522. The molecule has 2 aromatic carbocycles. The number of hydrogen-bond acceptors (Lipinski definition) is 1. The maximum Gasteiger partial charge on any atom is 0.0485 e. The molecule has 0 radical (unpaired) electrons. The molecule has 0 saturated carbocycles. The number of hydrogen-bond donors (Lipinski definition) is 0. The maximum atomic E-state index is 5.88. The van der Waals surface area contributed by atoms with Crippen molar-refractivity contribution in [3.63, 3.8) is 0 Å². The van der Waals surface area contributed by atoms with E-state index in [9.17, 15) is 0 Å². The van der Waals surface area contributed by atoms with Crippen LogP contribution in [0, 0.1) is 13.8 Å². The molecule has 1 nitrogen and oxygen atoms in total. The zero-order valence-corrected chi connectivity index (χ0v) is 13.7. The average molecular weight is 339 g/mol. The summed E-state index contributed by atoms with van der Waals surface area (Å²) in [5.74, 6) is 0.522. The molecule has 0 aromatic heterocycles. The van der Waals surface area contributed by atoms with Crippen LogP contribution in [-0.2, 0) is 5.88 Å². The Morgan fingerprint density at radius 1 is 1.11 bits per heavy atom. The monoisotopic (exact) mass is 337 g/mol. The highest BCUT2D eigenvalue weighted by Crippen LogP contribution is 2.31. The van der Waals surface area contributed by atoms with Crippen LogP contribution >= 0.6 is 27.5 Å². The third-order valence-corrected chi connectivity index (χ3v) is 4.31. The molecule has 0 fully saturated rings. The van der Waals surface area contributed by atoms with Gasteiger partial charge in [-0.15, -0.1) is 11.6 Å². The van der Waals surface area contributed by atoms with Gasteiger partial charge in [-0.05, 0) is 43.2 Å². The SMILES string of the molecule is Cc1ccc(N(C)c2ccc(CCl)c(Br)c2)c(C)c1. The van der Waals surface area contributed by atoms with Gasteiger partial charge in [0, 0.05) is 28.8 Å². The van der Waals surface area contributed by atoms with Gasteiger partial charge in [-0.3, -0.25) is 0 Å². The zero-order valence-electron chi connectivity index (χ0n) is 11.4. The summed E-state index contributed by atoms with van der Waals surface area (Å²) in [5, 5.41) is 0. The Balaban J connectivity index is 2.38. The second kappa shape index (κ2) is 5.98. The number of nitrogens with zero attached hydrogens (tertiary/aromatic N) is 1. The van der Waals surface area contributed by atoms with Gasteiger partial charge in [0.05, 0.1) is 0 Å². The molecular formula is C16H17BrClN. The highest BCUT2D eigenvalue weighted by molar-refractivity contribution is 9.10. The van der Waals surface area contributed by atoms with Crippen LogP contribution in [0.2, 0.25) is 0 Å². The topological polar surface area (TPSA) is 3.24 Å². The van der Waals surface area contributed by atoms with E-state index in [0.29, 0.717) is 5.88 Å². The molecule has 19 heavy (non-hydrogen) atoms. The van der Waals surface area contributed by atoms with Gasteiger partial charge in [0.15, 0.2) is 0 Å². The quantitative estimate of drug-likeness (QED) is 0.661. The first-order chi connectivity index (χ1) is 9.02. The van der Waals surface area contributed by atoms with E-state index in [1.807, 2.05) is 0 Å². The van der Waals surface area contributed by atoms with E-state index < -0.39 is 0 Å². The predicted molar refractivity (Wildman–Crippen MR) is 87.7 cm³/mol. The van der Waals surface area contributed by atoms with Gasteiger partial charge in [0.2, 0.25) is 0 Å². The Morgan fingerprint density at radius 2 is 1.84 bits per heavy atom. The molecule has 0 unspecified atom stereocenters. The van der Waals surface area contributed by atoms with Gasteiger partial charge in [0.25, 0.3) is 0 Å². The minimum Gasteiger partial charge on any atom is -0.344 e. The molecule has 3 heteroatoms. The molecule has 0 saturated heterocycles. The van der Waals surface area contributed by atoms with Crippen LogP contribution in [0.4, 0.5) is 11.4 Å². The van der Waals surface area contributed by atoms with Gasteiger partial charge in [-0.1, -0.05) is 39.7 Å². The summed E-state index contributed by atoms with van der Waals surface area (Å²) in [7, 11) is 2.08. The molecular weight excluding hydrogens is 322 g/mol. The van der Waals surface area contributed by atoms with Crippen LogP contribution in [0.25, 0.3) is 0 Å². The third-order valence-electron chi connectivity index (χ3n) is 3.28. The Bertz CT molecular complexity index is 595. The Labute approximate surface area is 128 Å². The van der Waals surface area contributed by atoms with Crippen LogP contribution < -0.4 is 4.90 Å². The second-order valence-electron chi connectivity index (χ2n) is 4.76. The van der Waals surface area contributed by atoms with Crippen molar-refractivity contribution in [2.45, 2.75) is 19.7 Å². The van der Waals surface area contributed by atoms with E-state index in [-0.39, 0.29) is 0 Å². The van der Waals surface area contributed by atoms with E-state index in [1.165, 1.54) is 16.8 Å². The van der Waals surface area contributed by atoms with Crippen LogP contribution in [0.3, 0.4) is 0 Å². The fraction of sp³-hybridized carbons (Fsp3) is 0.250. The number of halogens is 2. The van der Waals surface area contributed by atoms with Crippen molar-refractivity contribution in [1.82, 2.24) is 0 Å². The second-order valence-corrected chi connectivity index (χ2v) is 5.88. The number of aryl methyl sites for hydroxylation is 2. The van der Waals surface area contributed by atoms with E-state index >= 15 is 0 Å². The number of anilines is 2. The zero-order chi connectivity index (χ0) is 14.0. The van der Waals surface area contributed by atoms with Crippen molar-refractivity contribution in [1.29, 1.82) is 0 Å². The highest BCUT2D eigenvalue weighted by Gasteiger charge is 2.09. The number of rotatable bonds is 3. The van der Waals surface area contributed by atoms with Crippen LogP contribution in [0.1, 0.15) is 16.7 Å². The summed E-state index contributed by atoms with van der Waals surface area (Å²) in [4.78, 5) is 2.19. The van der Waals surface area contributed by atoms with Crippen molar-refractivity contribution in [3.05, 3.63) is 57.6 Å². The molecule has 0 aliphatic rings. The lowest BCUT2D eigenvalue weighted by Gasteiger charge is -2.22. The van der Waals surface area contributed by atoms with Crippen molar-refractivity contribution in [2.75, 3.05) is 11.9 Å². The molecule has 100 valence electrons. The number of benzene rings is 2. The largest absolute Gasteiger partial charge is 0.344 e. The van der Waals surface area contributed by atoms with Crippen molar-refractivity contribution < 1.29 is 0 Å². The summed E-state index contributed by atoms with van der Waals surface area (Å²) in [6.45, 7) is 4.25. The molecule has 0 amide bonds. The maximum absolute atomic E-state index is 5.88. The summed E-state index contributed by atoms with van der Waals surface area (Å²) in [6.07, 6.45) is 0. The van der Waals surface area contributed by atoms with Gasteiger partial charge in [-0.2, -0.15) is 0 Å². The summed E-state index contributed by atoms with van der Waals surface area (Å²) >= 11 is 9.45. The first-order valence-electron chi connectivity index (χ1n) is 6.18. The van der Waals surface area contributed by atoms with Gasteiger partial charge >= 0.3 is 0 Å². The van der Waals surface area contributed by atoms with E-state index in [4.69, 9.17) is 11.6 Å². The molecule has 0 aliphatic carbocycles. The molecule has 0 N–H and O–H groups in total. The summed E-state index contributed by atoms with van der Waals surface area (Å²) in [6, 6.07) is 12.8. The number of alkyl halides is 1. The predicted octanol–water partition coefficient (Wildman–Crippen LogP) is 5.57. The highest BCUT2D eigenvalue weighted by atomic mass is 79.9. The minimum atomic E-state index is 0.522. The van der Waals surface area contributed by atoms with Crippen molar-refractivity contribution in [3.8, 4) is 0 Å². The van der Waals surface area contributed by atoms with E-state index in [0.717, 1.165) is 15.7 Å². The van der Waals surface area contributed by atoms with Crippen LogP contribution in [0.15, 0.2) is 40.9 Å². The first-order valence-corrected chi connectivity index (χ1v) is 7.51. The first kappa shape index (κ1) is 14.4. The third kappa shape index (κ3) is 3.13. The lowest BCUT2D eigenvalue weighted by Crippen LogP contribution is -2.11. The Kier molecular flexibility index (Phi) is 4.54. The molecule has 0 heterocycles. The van der Waals surface area contributed by atoms with Gasteiger partial charge in [-0.25, -0.2) is 0 Å².